The minimum Gasteiger partial charge on any atom is -0.477 e. The van der Waals surface area contributed by atoms with Gasteiger partial charge in [-0.15, -0.1) is 0 Å². The van der Waals surface area contributed by atoms with Crippen LogP contribution in [0.15, 0.2) is 47.4 Å². The van der Waals surface area contributed by atoms with Crippen LogP contribution in [0, 0.1) is 0 Å². The van der Waals surface area contributed by atoms with Gasteiger partial charge in [-0.05, 0) is 30.3 Å². The van der Waals surface area contributed by atoms with Gasteiger partial charge in [-0.2, -0.15) is 0 Å². The van der Waals surface area contributed by atoms with Gasteiger partial charge in [-0.1, -0.05) is 6.07 Å². The molecule has 1 aromatic carbocycles. The standard InChI is InChI=1S/C16H14N2O6/c1-24-16(23)10-4-2-5-11(8-10)17-13(19)9-18-7-3-6-12(14(18)20)15(21)22/h2-8H,9H2,1H3,(H,17,19)(H,21,22). The number of aromatic nitrogens is 1. The van der Waals surface area contributed by atoms with Crippen molar-refractivity contribution in [3.05, 3.63) is 64.1 Å². The summed E-state index contributed by atoms with van der Waals surface area (Å²) in [5, 5.41) is 11.4. The summed E-state index contributed by atoms with van der Waals surface area (Å²) < 4.78 is 5.58. The number of amides is 1. The van der Waals surface area contributed by atoms with E-state index in [1.54, 1.807) is 12.1 Å². The molecule has 0 aliphatic carbocycles. The lowest BCUT2D eigenvalue weighted by molar-refractivity contribution is -0.116. The first kappa shape index (κ1) is 16.9. The summed E-state index contributed by atoms with van der Waals surface area (Å²) in [6.45, 7) is -0.359. The van der Waals surface area contributed by atoms with E-state index >= 15 is 0 Å². The van der Waals surface area contributed by atoms with Gasteiger partial charge in [0.15, 0.2) is 0 Å². The Labute approximate surface area is 136 Å². The van der Waals surface area contributed by atoms with Gasteiger partial charge >= 0.3 is 11.9 Å². The summed E-state index contributed by atoms with van der Waals surface area (Å²) in [6, 6.07) is 8.64. The second-order valence-corrected chi connectivity index (χ2v) is 4.78. The molecular weight excluding hydrogens is 316 g/mol. The Morgan fingerprint density at radius 2 is 1.96 bits per heavy atom. The lowest BCUT2D eigenvalue weighted by Gasteiger charge is -2.09. The van der Waals surface area contributed by atoms with Crippen LogP contribution in [0.2, 0.25) is 0 Å². The number of methoxy groups -OCH3 is 1. The Morgan fingerprint density at radius 3 is 2.62 bits per heavy atom. The first-order valence-corrected chi connectivity index (χ1v) is 6.83. The third kappa shape index (κ3) is 3.86. The van der Waals surface area contributed by atoms with Gasteiger partial charge in [-0.25, -0.2) is 9.59 Å². The highest BCUT2D eigenvalue weighted by atomic mass is 16.5. The van der Waals surface area contributed by atoms with Crippen LogP contribution in [0.1, 0.15) is 20.7 Å². The average molecular weight is 330 g/mol. The van der Waals surface area contributed by atoms with Gasteiger partial charge in [0.1, 0.15) is 12.1 Å². The van der Waals surface area contributed by atoms with Crippen molar-refractivity contribution in [2.24, 2.45) is 0 Å². The fourth-order valence-corrected chi connectivity index (χ4v) is 2.02. The number of carbonyl (C=O) groups excluding carboxylic acids is 2. The summed E-state index contributed by atoms with van der Waals surface area (Å²) in [5.74, 6) is -2.45. The van der Waals surface area contributed by atoms with Crippen molar-refractivity contribution in [3.63, 3.8) is 0 Å². The first-order valence-electron chi connectivity index (χ1n) is 6.83. The highest BCUT2D eigenvalue weighted by molar-refractivity contribution is 5.94. The third-order valence-corrected chi connectivity index (χ3v) is 3.13. The van der Waals surface area contributed by atoms with E-state index in [0.717, 1.165) is 4.57 Å². The molecule has 24 heavy (non-hydrogen) atoms. The lowest BCUT2D eigenvalue weighted by atomic mass is 10.2. The van der Waals surface area contributed by atoms with Crippen LogP contribution in [0.25, 0.3) is 0 Å². The molecule has 0 saturated heterocycles. The van der Waals surface area contributed by atoms with Crippen LogP contribution in [0.3, 0.4) is 0 Å². The molecule has 0 spiro atoms. The van der Waals surface area contributed by atoms with Gasteiger partial charge in [0.2, 0.25) is 5.91 Å². The Bertz CT molecular complexity index is 856. The SMILES string of the molecule is COC(=O)c1cccc(NC(=O)Cn2cccc(C(=O)O)c2=O)c1. The molecule has 0 saturated carbocycles. The minimum absolute atomic E-state index is 0.264. The fraction of sp³-hybridized carbons (Fsp3) is 0.125. The Hall–Kier alpha value is -3.42. The van der Waals surface area contributed by atoms with Crippen molar-refractivity contribution in [2.75, 3.05) is 12.4 Å². The summed E-state index contributed by atoms with van der Waals surface area (Å²) in [4.78, 5) is 46.3. The number of carboxylic acid groups (broad SMARTS) is 1. The maximum absolute atomic E-state index is 12.0. The van der Waals surface area contributed by atoms with Crippen molar-refractivity contribution in [1.82, 2.24) is 4.57 Å². The van der Waals surface area contributed by atoms with Crippen LogP contribution in [0.5, 0.6) is 0 Å². The molecule has 2 rings (SSSR count). The second-order valence-electron chi connectivity index (χ2n) is 4.78. The van der Waals surface area contributed by atoms with Gasteiger partial charge in [0, 0.05) is 11.9 Å². The highest BCUT2D eigenvalue weighted by Gasteiger charge is 2.13. The largest absolute Gasteiger partial charge is 0.477 e. The quantitative estimate of drug-likeness (QED) is 0.790. The number of ether oxygens (including phenoxy) is 1. The van der Waals surface area contributed by atoms with Gasteiger partial charge < -0.3 is 19.7 Å². The van der Waals surface area contributed by atoms with Crippen LogP contribution in [0.4, 0.5) is 5.69 Å². The Morgan fingerprint density at radius 1 is 1.21 bits per heavy atom. The molecular formula is C16H14N2O6. The van der Waals surface area contributed by atoms with Crippen molar-refractivity contribution in [2.45, 2.75) is 6.54 Å². The highest BCUT2D eigenvalue weighted by Crippen LogP contribution is 2.11. The van der Waals surface area contributed by atoms with Crippen molar-refractivity contribution in [1.29, 1.82) is 0 Å². The monoisotopic (exact) mass is 330 g/mol. The van der Waals surface area contributed by atoms with Crippen LogP contribution in [-0.2, 0) is 16.1 Å². The Balaban J connectivity index is 2.15. The second kappa shape index (κ2) is 7.23. The summed E-state index contributed by atoms with van der Waals surface area (Å²) in [7, 11) is 1.25. The number of anilines is 1. The lowest BCUT2D eigenvalue weighted by Crippen LogP contribution is -2.30. The molecule has 0 atom stereocenters. The van der Waals surface area contributed by atoms with Crippen molar-refractivity contribution < 1.29 is 24.2 Å². The predicted octanol–water partition coefficient (Wildman–Crippen LogP) is 0.972. The molecule has 1 heterocycles. The molecule has 0 aliphatic heterocycles. The number of nitrogens with one attached hydrogen (secondary N) is 1. The summed E-state index contributed by atoms with van der Waals surface area (Å²) >= 11 is 0. The van der Waals surface area contributed by atoms with Crippen LogP contribution >= 0.6 is 0 Å². The molecule has 2 N–H and O–H groups in total. The van der Waals surface area contributed by atoms with E-state index in [-0.39, 0.29) is 12.1 Å². The average Bonchev–Trinajstić information content (AvgIpc) is 2.56. The van der Waals surface area contributed by atoms with E-state index in [0.29, 0.717) is 5.69 Å². The topological polar surface area (TPSA) is 115 Å². The van der Waals surface area contributed by atoms with Gasteiger partial charge in [0.25, 0.3) is 5.56 Å². The number of hydrogen-bond donors (Lipinski definition) is 2. The molecule has 124 valence electrons. The van der Waals surface area contributed by atoms with Crippen LogP contribution < -0.4 is 10.9 Å². The number of carbonyl (C=O) groups is 3. The van der Waals surface area contributed by atoms with E-state index < -0.39 is 29.0 Å². The van der Waals surface area contributed by atoms with E-state index in [2.05, 4.69) is 10.1 Å². The number of aromatic carboxylic acids is 1. The van der Waals surface area contributed by atoms with Crippen LogP contribution in [-0.4, -0.2) is 34.6 Å². The molecule has 0 unspecified atom stereocenters. The van der Waals surface area contributed by atoms with Gasteiger partial charge in [0.05, 0.1) is 12.7 Å². The Kier molecular flexibility index (Phi) is 5.10. The molecule has 0 fully saturated rings. The van der Waals surface area contributed by atoms with Gasteiger partial charge in [-0.3, -0.25) is 9.59 Å². The van der Waals surface area contributed by atoms with Crippen molar-refractivity contribution in [3.8, 4) is 0 Å². The molecule has 0 bridgehead atoms. The number of carboxylic acids is 1. The molecule has 0 aliphatic rings. The molecule has 8 heteroatoms. The minimum atomic E-state index is -1.36. The van der Waals surface area contributed by atoms with E-state index in [1.165, 1.54) is 37.6 Å². The zero-order valence-corrected chi connectivity index (χ0v) is 12.7. The van der Waals surface area contributed by atoms with E-state index in [9.17, 15) is 19.2 Å². The summed E-state index contributed by atoms with van der Waals surface area (Å²) in [6.07, 6.45) is 1.32. The zero-order valence-electron chi connectivity index (χ0n) is 12.7. The number of rotatable bonds is 5. The predicted molar refractivity (Wildman–Crippen MR) is 84.1 cm³/mol. The summed E-state index contributed by atoms with van der Waals surface area (Å²) in [5.41, 5.74) is -0.577. The molecule has 2 aromatic rings. The molecule has 0 radical (unpaired) electrons. The van der Waals surface area contributed by atoms with E-state index in [1.807, 2.05) is 0 Å². The molecule has 1 amide bonds. The third-order valence-electron chi connectivity index (χ3n) is 3.13. The zero-order chi connectivity index (χ0) is 17.7. The smallest absolute Gasteiger partial charge is 0.341 e. The molecule has 1 aromatic heterocycles. The number of esters is 1. The maximum atomic E-state index is 12.0. The number of hydrogen-bond acceptors (Lipinski definition) is 5. The fourth-order valence-electron chi connectivity index (χ4n) is 2.02. The first-order chi connectivity index (χ1) is 11.4. The number of benzene rings is 1. The van der Waals surface area contributed by atoms with E-state index in [4.69, 9.17) is 5.11 Å². The number of pyridine rings is 1. The maximum Gasteiger partial charge on any atom is 0.341 e. The van der Waals surface area contributed by atoms with Crippen molar-refractivity contribution >= 4 is 23.5 Å². The molecule has 8 nitrogen and oxygen atoms in total. The number of nitrogens with zero attached hydrogens (tertiary/aromatic N) is 1. The normalized spacial score (nSPS) is 10.0.